The van der Waals surface area contributed by atoms with E-state index in [9.17, 15) is 4.79 Å². The van der Waals surface area contributed by atoms with E-state index in [-0.39, 0.29) is 5.91 Å². The van der Waals surface area contributed by atoms with Crippen LogP contribution in [0.3, 0.4) is 0 Å². The summed E-state index contributed by atoms with van der Waals surface area (Å²) < 4.78 is 5.61. The Hall–Kier alpha value is -2.74. The van der Waals surface area contributed by atoms with Gasteiger partial charge in [0.15, 0.2) is 0 Å². The molecule has 2 heterocycles. The Bertz CT molecular complexity index is 940. The molecule has 1 N–H and O–H groups in total. The molecule has 0 atom stereocenters. The molecule has 0 aliphatic carbocycles. The third-order valence-electron chi connectivity index (χ3n) is 5.23. The van der Waals surface area contributed by atoms with E-state index in [2.05, 4.69) is 32.6 Å². The van der Waals surface area contributed by atoms with Gasteiger partial charge < -0.3 is 10.1 Å². The first-order chi connectivity index (χ1) is 15.3. The van der Waals surface area contributed by atoms with E-state index >= 15 is 0 Å². The largest absolute Gasteiger partial charge is 0.492 e. The number of nitrogens with zero attached hydrogens (tertiary/aromatic N) is 3. The smallest absolute Gasteiger partial charge is 0.234 e. The number of rotatable bonds is 9. The van der Waals surface area contributed by atoms with Crippen LogP contribution in [0.1, 0.15) is 5.69 Å². The number of thiazole rings is 1. The highest BCUT2D eigenvalue weighted by Gasteiger charge is 2.19. The lowest BCUT2D eigenvalue weighted by Gasteiger charge is -2.33. The zero-order valence-corrected chi connectivity index (χ0v) is 18.4. The Labute approximate surface area is 187 Å². The van der Waals surface area contributed by atoms with E-state index in [0.29, 0.717) is 19.7 Å². The van der Waals surface area contributed by atoms with E-state index in [4.69, 9.17) is 9.72 Å². The van der Waals surface area contributed by atoms with Crippen LogP contribution in [0.15, 0.2) is 66.0 Å². The maximum absolute atomic E-state index is 12.2. The summed E-state index contributed by atoms with van der Waals surface area (Å²) in [4.78, 5) is 21.6. The molecule has 0 saturated carbocycles. The van der Waals surface area contributed by atoms with Gasteiger partial charge in [-0.1, -0.05) is 48.5 Å². The molecule has 2 aromatic carbocycles. The maximum Gasteiger partial charge on any atom is 0.234 e. The number of piperazine rings is 1. The van der Waals surface area contributed by atoms with Gasteiger partial charge in [0.2, 0.25) is 5.91 Å². The summed E-state index contributed by atoms with van der Waals surface area (Å²) in [5, 5.41) is 6.17. The quantitative estimate of drug-likeness (QED) is 0.523. The fourth-order valence-electron chi connectivity index (χ4n) is 3.56. The maximum atomic E-state index is 12.2. The van der Waals surface area contributed by atoms with Gasteiger partial charge in [-0.3, -0.25) is 14.6 Å². The van der Waals surface area contributed by atoms with E-state index in [0.717, 1.165) is 49.2 Å². The molecule has 1 aromatic heterocycles. The third-order valence-corrected chi connectivity index (χ3v) is 6.17. The molecule has 162 valence electrons. The summed E-state index contributed by atoms with van der Waals surface area (Å²) in [5.74, 6) is 0.876. The van der Waals surface area contributed by atoms with Crippen LogP contribution >= 0.6 is 11.3 Å². The second-order valence-corrected chi connectivity index (χ2v) is 8.43. The highest BCUT2D eigenvalue weighted by atomic mass is 32.1. The minimum atomic E-state index is 0.0529. The number of para-hydroxylation sites is 1. The standard InChI is InChI=1S/C24H28N4O2S/c29-23(25-11-16-30-22-9-5-2-6-10-22)18-28-14-12-27(13-15-28)17-21-19-31-24(26-21)20-7-3-1-4-8-20/h1-10,19H,11-18H2,(H,25,29). The molecule has 0 unspecified atom stereocenters. The zero-order chi connectivity index (χ0) is 21.3. The number of benzene rings is 2. The fraction of sp³-hybridized carbons (Fsp3) is 0.333. The van der Waals surface area contributed by atoms with Gasteiger partial charge in [0.05, 0.1) is 18.8 Å². The van der Waals surface area contributed by atoms with Crippen LogP contribution in [-0.2, 0) is 11.3 Å². The van der Waals surface area contributed by atoms with Crippen molar-refractivity contribution in [3.05, 3.63) is 71.7 Å². The highest BCUT2D eigenvalue weighted by molar-refractivity contribution is 7.13. The van der Waals surface area contributed by atoms with Crippen molar-refractivity contribution in [3.63, 3.8) is 0 Å². The van der Waals surface area contributed by atoms with Crippen molar-refractivity contribution in [2.45, 2.75) is 6.54 Å². The molecule has 1 aliphatic rings. The molecule has 6 nitrogen and oxygen atoms in total. The van der Waals surface area contributed by atoms with Crippen LogP contribution < -0.4 is 10.1 Å². The number of ether oxygens (including phenoxy) is 1. The van der Waals surface area contributed by atoms with Crippen molar-refractivity contribution in [3.8, 4) is 16.3 Å². The lowest BCUT2D eigenvalue weighted by molar-refractivity contribution is -0.122. The summed E-state index contributed by atoms with van der Waals surface area (Å²) in [6.45, 7) is 5.97. The van der Waals surface area contributed by atoms with Gasteiger partial charge in [0, 0.05) is 43.7 Å². The predicted molar refractivity (Wildman–Crippen MR) is 124 cm³/mol. The lowest BCUT2D eigenvalue weighted by Crippen LogP contribution is -2.49. The molecule has 0 radical (unpaired) electrons. The molecule has 4 rings (SSSR count). The molecule has 1 fully saturated rings. The molecule has 1 saturated heterocycles. The summed E-state index contributed by atoms with van der Waals surface area (Å²) in [6.07, 6.45) is 0. The van der Waals surface area contributed by atoms with Gasteiger partial charge in [0.1, 0.15) is 17.4 Å². The first kappa shape index (κ1) is 21.5. The van der Waals surface area contributed by atoms with Gasteiger partial charge in [-0.15, -0.1) is 11.3 Å². The first-order valence-corrected chi connectivity index (χ1v) is 11.5. The Morgan fingerprint density at radius 3 is 2.39 bits per heavy atom. The van der Waals surface area contributed by atoms with Crippen LogP contribution in [0.4, 0.5) is 0 Å². The molecule has 0 bridgehead atoms. The van der Waals surface area contributed by atoms with Gasteiger partial charge in [-0.05, 0) is 12.1 Å². The molecular weight excluding hydrogens is 408 g/mol. The van der Waals surface area contributed by atoms with E-state index < -0.39 is 0 Å². The van der Waals surface area contributed by atoms with E-state index in [1.165, 1.54) is 5.56 Å². The Morgan fingerprint density at radius 2 is 1.65 bits per heavy atom. The van der Waals surface area contributed by atoms with Crippen LogP contribution in [0, 0.1) is 0 Å². The molecule has 0 spiro atoms. The SMILES string of the molecule is O=C(CN1CCN(Cc2csc(-c3ccccc3)n2)CC1)NCCOc1ccccc1. The number of amides is 1. The number of aromatic nitrogens is 1. The predicted octanol–water partition coefficient (Wildman–Crippen LogP) is 3.12. The normalized spacial score (nSPS) is 15.0. The number of carbonyl (C=O) groups excluding carboxylic acids is 1. The van der Waals surface area contributed by atoms with Gasteiger partial charge in [0.25, 0.3) is 0 Å². The number of nitrogens with one attached hydrogen (secondary N) is 1. The third kappa shape index (κ3) is 6.62. The Morgan fingerprint density at radius 1 is 0.968 bits per heavy atom. The molecule has 1 aliphatic heterocycles. The molecule has 7 heteroatoms. The Kier molecular flexibility index (Phi) is 7.65. The monoisotopic (exact) mass is 436 g/mol. The van der Waals surface area contributed by atoms with Crippen molar-refractivity contribution in [1.82, 2.24) is 20.1 Å². The van der Waals surface area contributed by atoms with Crippen molar-refractivity contribution >= 4 is 17.2 Å². The summed E-state index contributed by atoms with van der Waals surface area (Å²) in [5.41, 5.74) is 2.29. The van der Waals surface area contributed by atoms with Crippen LogP contribution in [0.25, 0.3) is 10.6 Å². The van der Waals surface area contributed by atoms with Gasteiger partial charge in [-0.2, -0.15) is 0 Å². The van der Waals surface area contributed by atoms with E-state index in [1.54, 1.807) is 11.3 Å². The number of carbonyl (C=O) groups is 1. The summed E-state index contributed by atoms with van der Waals surface area (Å²) >= 11 is 1.70. The van der Waals surface area contributed by atoms with Crippen molar-refractivity contribution in [2.75, 3.05) is 45.9 Å². The minimum absolute atomic E-state index is 0.0529. The van der Waals surface area contributed by atoms with Crippen molar-refractivity contribution in [2.24, 2.45) is 0 Å². The van der Waals surface area contributed by atoms with Crippen LogP contribution in [0.5, 0.6) is 5.75 Å². The fourth-order valence-corrected chi connectivity index (χ4v) is 4.38. The summed E-state index contributed by atoms with van der Waals surface area (Å²) in [7, 11) is 0. The highest BCUT2D eigenvalue weighted by Crippen LogP contribution is 2.24. The number of hydrogen-bond donors (Lipinski definition) is 1. The molecule has 1 amide bonds. The Balaban J connectivity index is 1.13. The minimum Gasteiger partial charge on any atom is -0.492 e. The lowest BCUT2D eigenvalue weighted by atomic mass is 10.2. The van der Waals surface area contributed by atoms with E-state index in [1.807, 2.05) is 48.5 Å². The average molecular weight is 437 g/mol. The molecule has 3 aromatic rings. The average Bonchev–Trinajstić information content (AvgIpc) is 3.28. The van der Waals surface area contributed by atoms with Gasteiger partial charge >= 0.3 is 0 Å². The molecule has 31 heavy (non-hydrogen) atoms. The summed E-state index contributed by atoms with van der Waals surface area (Å²) in [6, 6.07) is 20.0. The van der Waals surface area contributed by atoms with Gasteiger partial charge in [-0.25, -0.2) is 4.98 Å². The van der Waals surface area contributed by atoms with Crippen molar-refractivity contribution in [1.29, 1.82) is 0 Å². The van der Waals surface area contributed by atoms with Crippen LogP contribution in [-0.4, -0.2) is 66.6 Å². The van der Waals surface area contributed by atoms with Crippen molar-refractivity contribution < 1.29 is 9.53 Å². The number of hydrogen-bond acceptors (Lipinski definition) is 6. The second-order valence-electron chi connectivity index (χ2n) is 7.57. The topological polar surface area (TPSA) is 57.7 Å². The second kappa shape index (κ2) is 11.0. The molecular formula is C24H28N4O2S. The zero-order valence-electron chi connectivity index (χ0n) is 17.6. The van der Waals surface area contributed by atoms with Crippen LogP contribution in [0.2, 0.25) is 0 Å². The first-order valence-electron chi connectivity index (χ1n) is 10.7.